The number of carbonyl (C=O) groups is 1. The van der Waals surface area contributed by atoms with Crippen molar-refractivity contribution in [1.29, 1.82) is 0 Å². The van der Waals surface area contributed by atoms with Crippen molar-refractivity contribution >= 4 is 38.9 Å². The van der Waals surface area contributed by atoms with E-state index in [2.05, 4.69) is 9.97 Å². The van der Waals surface area contributed by atoms with Crippen LogP contribution in [0, 0.1) is 0 Å². The van der Waals surface area contributed by atoms with Gasteiger partial charge in [0.2, 0.25) is 0 Å². The zero-order chi connectivity index (χ0) is 15.6. The quantitative estimate of drug-likeness (QED) is 0.515. The fraction of sp³-hybridized carbons (Fsp3) is 0.0625. The maximum atomic E-state index is 12.1. The Labute approximate surface area is 139 Å². The van der Waals surface area contributed by atoms with Gasteiger partial charge in [-0.3, -0.25) is 0 Å². The van der Waals surface area contributed by atoms with Crippen molar-refractivity contribution in [2.24, 2.45) is 0 Å². The molecular weight excluding hydrogens is 332 g/mol. The Bertz CT molecular complexity index is 924. The fourth-order valence-corrected chi connectivity index (χ4v) is 3.70. The Morgan fingerprint density at radius 3 is 2.91 bits per heavy atom. The van der Waals surface area contributed by atoms with Crippen molar-refractivity contribution in [1.82, 2.24) is 9.97 Å². The van der Waals surface area contributed by atoms with E-state index in [0.29, 0.717) is 10.8 Å². The third-order valence-electron chi connectivity index (χ3n) is 3.11. The second-order valence-corrected chi connectivity index (χ2v) is 6.64. The van der Waals surface area contributed by atoms with Gasteiger partial charge in [0.25, 0.3) is 0 Å². The molecule has 114 valence electrons. The molecule has 0 saturated carbocycles. The van der Waals surface area contributed by atoms with Crippen molar-refractivity contribution < 1.29 is 13.9 Å². The van der Waals surface area contributed by atoms with E-state index in [0.717, 1.165) is 15.2 Å². The molecule has 0 N–H and O–H groups in total. The predicted molar refractivity (Wildman–Crippen MR) is 88.6 cm³/mol. The summed E-state index contributed by atoms with van der Waals surface area (Å²) in [7, 11) is 0. The van der Waals surface area contributed by atoms with Gasteiger partial charge in [-0.05, 0) is 24.3 Å². The standard InChI is InChI=1S/C16H10N2O3S2/c19-16(11-9-22-15(18-11)12-5-3-7-20-12)21-8-14-17-10-4-1-2-6-13(10)23-14/h1-7,9H,8H2. The van der Waals surface area contributed by atoms with Crippen LogP contribution in [0.3, 0.4) is 0 Å². The largest absolute Gasteiger partial charge is 0.462 e. The van der Waals surface area contributed by atoms with Crippen LogP contribution < -0.4 is 0 Å². The Morgan fingerprint density at radius 1 is 1.17 bits per heavy atom. The van der Waals surface area contributed by atoms with Gasteiger partial charge in [0.15, 0.2) is 16.5 Å². The van der Waals surface area contributed by atoms with Gasteiger partial charge in [0.1, 0.15) is 11.6 Å². The first-order chi connectivity index (χ1) is 11.3. The maximum Gasteiger partial charge on any atom is 0.358 e. The van der Waals surface area contributed by atoms with Crippen LogP contribution in [-0.2, 0) is 11.3 Å². The van der Waals surface area contributed by atoms with Crippen molar-refractivity contribution in [3.8, 4) is 10.8 Å². The summed E-state index contributed by atoms with van der Waals surface area (Å²) in [5, 5.41) is 3.08. The third-order valence-corrected chi connectivity index (χ3v) is 4.98. The minimum absolute atomic E-state index is 0.145. The molecule has 0 aliphatic carbocycles. The number of thiazole rings is 2. The van der Waals surface area contributed by atoms with Crippen LogP contribution >= 0.6 is 22.7 Å². The molecule has 0 aliphatic rings. The van der Waals surface area contributed by atoms with Gasteiger partial charge >= 0.3 is 5.97 Å². The van der Waals surface area contributed by atoms with Crippen molar-refractivity contribution in [2.45, 2.75) is 6.61 Å². The number of hydrogen-bond acceptors (Lipinski definition) is 7. The van der Waals surface area contributed by atoms with E-state index in [1.165, 1.54) is 22.7 Å². The average molecular weight is 342 g/mol. The number of benzene rings is 1. The molecule has 0 unspecified atom stereocenters. The first kappa shape index (κ1) is 14.1. The molecule has 0 saturated heterocycles. The van der Waals surface area contributed by atoms with Crippen LogP contribution in [0.2, 0.25) is 0 Å². The summed E-state index contributed by atoms with van der Waals surface area (Å²) < 4.78 is 11.6. The third kappa shape index (κ3) is 2.88. The first-order valence-electron chi connectivity index (χ1n) is 6.80. The maximum absolute atomic E-state index is 12.1. The van der Waals surface area contributed by atoms with E-state index in [9.17, 15) is 4.79 Å². The molecule has 5 nitrogen and oxygen atoms in total. The fourth-order valence-electron chi connectivity index (χ4n) is 2.06. The molecule has 23 heavy (non-hydrogen) atoms. The van der Waals surface area contributed by atoms with Crippen LogP contribution in [0.1, 0.15) is 15.5 Å². The number of fused-ring (bicyclic) bond motifs is 1. The smallest absolute Gasteiger partial charge is 0.358 e. The van der Waals surface area contributed by atoms with Crippen molar-refractivity contribution in [3.05, 3.63) is 58.7 Å². The molecule has 0 aliphatic heterocycles. The van der Waals surface area contributed by atoms with Gasteiger partial charge in [-0.15, -0.1) is 22.7 Å². The summed E-state index contributed by atoms with van der Waals surface area (Å²) in [4.78, 5) is 20.8. The molecule has 0 atom stereocenters. The van der Waals surface area contributed by atoms with Gasteiger partial charge in [-0.25, -0.2) is 14.8 Å². The molecule has 0 amide bonds. The molecule has 4 rings (SSSR count). The van der Waals surface area contributed by atoms with Gasteiger partial charge < -0.3 is 9.15 Å². The second kappa shape index (κ2) is 5.94. The van der Waals surface area contributed by atoms with E-state index in [-0.39, 0.29) is 12.3 Å². The molecule has 4 aromatic rings. The SMILES string of the molecule is O=C(OCc1nc2ccccc2s1)c1csc(-c2ccco2)n1. The summed E-state index contributed by atoms with van der Waals surface area (Å²) >= 11 is 2.86. The highest BCUT2D eigenvalue weighted by atomic mass is 32.1. The second-order valence-electron chi connectivity index (χ2n) is 4.67. The van der Waals surface area contributed by atoms with E-state index < -0.39 is 5.97 Å². The minimum atomic E-state index is -0.460. The number of furan rings is 1. The van der Waals surface area contributed by atoms with Crippen LogP contribution in [0.25, 0.3) is 21.0 Å². The molecule has 3 aromatic heterocycles. The highest BCUT2D eigenvalue weighted by Crippen LogP contribution is 2.25. The lowest BCUT2D eigenvalue weighted by Crippen LogP contribution is -2.05. The highest BCUT2D eigenvalue weighted by molar-refractivity contribution is 7.18. The number of rotatable bonds is 4. The average Bonchev–Trinajstić information content (AvgIpc) is 3.31. The summed E-state index contributed by atoms with van der Waals surface area (Å²) in [5.41, 5.74) is 1.19. The minimum Gasteiger partial charge on any atom is -0.462 e. The Morgan fingerprint density at radius 2 is 2.09 bits per heavy atom. The summed E-state index contributed by atoms with van der Waals surface area (Å²) in [6, 6.07) is 11.4. The van der Waals surface area contributed by atoms with Crippen LogP contribution in [-0.4, -0.2) is 15.9 Å². The van der Waals surface area contributed by atoms with Gasteiger partial charge in [-0.1, -0.05) is 12.1 Å². The molecule has 0 fully saturated rings. The summed E-state index contributed by atoms with van der Waals surface area (Å²) in [6.07, 6.45) is 1.57. The molecule has 0 bridgehead atoms. The van der Waals surface area contributed by atoms with Gasteiger partial charge in [0.05, 0.1) is 16.5 Å². The van der Waals surface area contributed by atoms with Crippen LogP contribution in [0.15, 0.2) is 52.5 Å². The monoisotopic (exact) mass is 342 g/mol. The molecular formula is C16H10N2O3S2. The Balaban J connectivity index is 1.45. The molecule has 0 radical (unpaired) electrons. The van der Waals surface area contributed by atoms with E-state index in [1.807, 2.05) is 24.3 Å². The van der Waals surface area contributed by atoms with E-state index in [1.54, 1.807) is 23.8 Å². The summed E-state index contributed by atoms with van der Waals surface area (Å²) in [5.74, 6) is 0.179. The van der Waals surface area contributed by atoms with Crippen molar-refractivity contribution in [3.63, 3.8) is 0 Å². The lowest BCUT2D eigenvalue weighted by molar-refractivity contribution is 0.0466. The molecule has 3 heterocycles. The number of para-hydroxylation sites is 1. The zero-order valence-electron chi connectivity index (χ0n) is 11.8. The summed E-state index contributed by atoms with van der Waals surface area (Å²) in [6.45, 7) is 0.145. The van der Waals surface area contributed by atoms with E-state index in [4.69, 9.17) is 9.15 Å². The number of aromatic nitrogens is 2. The Hall–Kier alpha value is -2.51. The number of nitrogens with zero attached hydrogens (tertiary/aromatic N) is 2. The molecule has 0 spiro atoms. The Kier molecular flexibility index (Phi) is 3.64. The lowest BCUT2D eigenvalue weighted by Gasteiger charge is -1.99. The number of esters is 1. The molecule has 7 heteroatoms. The topological polar surface area (TPSA) is 65.2 Å². The first-order valence-corrected chi connectivity index (χ1v) is 8.50. The number of ether oxygens (including phenoxy) is 1. The zero-order valence-corrected chi connectivity index (χ0v) is 13.4. The number of carbonyl (C=O) groups excluding carboxylic acids is 1. The van der Waals surface area contributed by atoms with Gasteiger partial charge in [-0.2, -0.15) is 0 Å². The normalized spacial score (nSPS) is 11.0. The van der Waals surface area contributed by atoms with Crippen molar-refractivity contribution in [2.75, 3.05) is 0 Å². The lowest BCUT2D eigenvalue weighted by atomic mass is 10.3. The van der Waals surface area contributed by atoms with Gasteiger partial charge in [0, 0.05) is 5.38 Å². The number of hydrogen-bond donors (Lipinski definition) is 0. The van der Waals surface area contributed by atoms with Crippen LogP contribution in [0.4, 0.5) is 0 Å². The predicted octanol–water partition coefficient (Wildman–Crippen LogP) is 4.37. The molecule has 1 aromatic carbocycles. The van der Waals surface area contributed by atoms with E-state index >= 15 is 0 Å². The van der Waals surface area contributed by atoms with Crippen LogP contribution in [0.5, 0.6) is 0 Å². The highest BCUT2D eigenvalue weighted by Gasteiger charge is 2.15.